The lowest BCUT2D eigenvalue weighted by Gasteiger charge is -1.95. The number of aromatic nitrogens is 1. The Hall–Kier alpha value is -1.23. The third-order valence-corrected chi connectivity index (χ3v) is 2.42. The van der Waals surface area contributed by atoms with Gasteiger partial charge in [-0.1, -0.05) is 0 Å². The van der Waals surface area contributed by atoms with Crippen LogP contribution >= 0.6 is 11.3 Å². The van der Waals surface area contributed by atoms with E-state index in [1.54, 1.807) is 12.3 Å². The Kier molecular flexibility index (Phi) is 4.25. The Balaban J connectivity index is 2.58. The minimum absolute atomic E-state index is 0.331. The van der Waals surface area contributed by atoms with Crippen molar-refractivity contribution >= 4 is 23.6 Å². The first-order chi connectivity index (χ1) is 6.77. The summed E-state index contributed by atoms with van der Waals surface area (Å²) < 4.78 is 4.78. The molecule has 0 amide bonds. The molecule has 0 aliphatic rings. The van der Waals surface area contributed by atoms with Gasteiger partial charge in [-0.2, -0.15) is 0 Å². The van der Waals surface area contributed by atoms with Crippen LogP contribution in [0.1, 0.15) is 28.8 Å². The van der Waals surface area contributed by atoms with Crippen LogP contribution in [0, 0.1) is 0 Å². The number of carbonyl (C=O) groups excluding carboxylic acids is 2. The zero-order valence-corrected chi connectivity index (χ0v) is 8.67. The van der Waals surface area contributed by atoms with Crippen molar-refractivity contribution in [3.63, 3.8) is 0 Å². The first kappa shape index (κ1) is 10.8. The van der Waals surface area contributed by atoms with Crippen molar-refractivity contribution in [1.29, 1.82) is 0 Å². The summed E-state index contributed by atoms with van der Waals surface area (Å²) in [5, 5.41) is 2.44. The van der Waals surface area contributed by atoms with E-state index in [1.165, 1.54) is 11.3 Å². The molecule has 4 nitrogen and oxygen atoms in total. The molecule has 0 aromatic carbocycles. The van der Waals surface area contributed by atoms with Gasteiger partial charge in [0.2, 0.25) is 0 Å². The Bertz CT molecular complexity index is 322. The van der Waals surface area contributed by atoms with Gasteiger partial charge in [-0.05, 0) is 6.92 Å². The lowest BCUT2D eigenvalue weighted by Crippen LogP contribution is -2.05. The third-order valence-electron chi connectivity index (χ3n) is 1.51. The zero-order chi connectivity index (χ0) is 10.4. The number of rotatable bonds is 5. The van der Waals surface area contributed by atoms with Crippen LogP contribution in [0.3, 0.4) is 0 Å². The fraction of sp³-hybridized carbons (Fsp3) is 0.444. The van der Waals surface area contributed by atoms with E-state index in [2.05, 4.69) is 4.98 Å². The van der Waals surface area contributed by atoms with E-state index in [4.69, 9.17) is 4.74 Å². The van der Waals surface area contributed by atoms with Gasteiger partial charge >= 0.3 is 5.97 Å². The van der Waals surface area contributed by atoms with Crippen LogP contribution in [0.25, 0.3) is 0 Å². The van der Waals surface area contributed by atoms with Gasteiger partial charge < -0.3 is 9.53 Å². The highest BCUT2D eigenvalue weighted by Gasteiger charge is 2.10. The van der Waals surface area contributed by atoms with E-state index < -0.39 is 5.97 Å². The summed E-state index contributed by atoms with van der Waals surface area (Å²) in [6, 6.07) is 0. The van der Waals surface area contributed by atoms with Crippen LogP contribution < -0.4 is 0 Å². The van der Waals surface area contributed by atoms with Crippen molar-refractivity contribution in [3.8, 4) is 0 Å². The van der Waals surface area contributed by atoms with E-state index in [1.807, 2.05) is 0 Å². The summed E-state index contributed by atoms with van der Waals surface area (Å²) in [6.45, 7) is 2.09. The molecular weight excluding hydrogens is 202 g/mol. The second-order valence-electron chi connectivity index (χ2n) is 2.55. The first-order valence-corrected chi connectivity index (χ1v) is 5.21. The Morgan fingerprint density at radius 1 is 1.71 bits per heavy atom. The molecule has 1 aromatic heterocycles. The number of thiazole rings is 1. The molecule has 0 saturated carbocycles. The largest absolute Gasteiger partial charge is 0.461 e. The molecule has 0 bridgehead atoms. The lowest BCUT2D eigenvalue weighted by atomic mass is 10.3. The summed E-state index contributed by atoms with van der Waals surface area (Å²) in [4.78, 5) is 25.3. The van der Waals surface area contributed by atoms with E-state index in [0.717, 1.165) is 11.3 Å². The number of aryl methyl sites for hydroxylation is 1. The number of carbonyl (C=O) groups is 2. The standard InChI is InChI=1S/C9H11NO3S/c1-2-13-9(12)7-6-14-8(10-7)4-3-5-11/h5-6H,2-4H2,1H3. The van der Waals surface area contributed by atoms with Crippen molar-refractivity contribution in [3.05, 3.63) is 16.1 Å². The van der Waals surface area contributed by atoms with Crippen LogP contribution in [0.4, 0.5) is 0 Å². The van der Waals surface area contributed by atoms with Gasteiger partial charge in [0, 0.05) is 18.2 Å². The summed E-state index contributed by atoms with van der Waals surface area (Å²) in [5.41, 5.74) is 0.331. The number of hydrogen-bond acceptors (Lipinski definition) is 5. The molecule has 0 unspecified atom stereocenters. The summed E-state index contributed by atoms with van der Waals surface area (Å²) in [6.07, 6.45) is 1.87. The highest BCUT2D eigenvalue weighted by atomic mass is 32.1. The maximum Gasteiger partial charge on any atom is 0.357 e. The topological polar surface area (TPSA) is 56.3 Å². The maximum atomic E-state index is 11.2. The average molecular weight is 213 g/mol. The van der Waals surface area contributed by atoms with Crippen molar-refractivity contribution in [2.75, 3.05) is 6.61 Å². The molecule has 0 aliphatic heterocycles. The highest BCUT2D eigenvalue weighted by molar-refractivity contribution is 7.09. The molecule has 0 spiro atoms. The van der Waals surface area contributed by atoms with Crippen LogP contribution in [0.5, 0.6) is 0 Å². The van der Waals surface area contributed by atoms with Crippen LogP contribution in [-0.2, 0) is 16.0 Å². The van der Waals surface area contributed by atoms with E-state index in [-0.39, 0.29) is 0 Å². The lowest BCUT2D eigenvalue weighted by molar-refractivity contribution is -0.107. The van der Waals surface area contributed by atoms with Gasteiger partial charge in [-0.25, -0.2) is 9.78 Å². The fourth-order valence-electron chi connectivity index (χ4n) is 0.907. The van der Waals surface area contributed by atoms with Crippen LogP contribution in [-0.4, -0.2) is 23.8 Å². The minimum atomic E-state index is -0.402. The molecule has 5 heteroatoms. The maximum absolute atomic E-state index is 11.2. The molecule has 1 aromatic rings. The Morgan fingerprint density at radius 2 is 2.50 bits per heavy atom. The Labute approximate surface area is 85.9 Å². The number of hydrogen-bond donors (Lipinski definition) is 0. The minimum Gasteiger partial charge on any atom is -0.461 e. The second-order valence-corrected chi connectivity index (χ2v) is 3.49. The SMILES string of the molecule is CCOC(=O)c1csc(CCC=O)n1. The molecule has 0 saturated heterocycles. The molecular formula is C9H11NO3S. The number of nitrogens with zero attached hydrogens (tertiary/aromatic N) is 1. The van der Waals surface area contributed by atoms with Gasteiger partial charge in [0.1, 0.15) is 6.29 Å². The Morgan fingerprint density at radius 3 is 3.14 bits per heavy atom. The van der Waals surface area contributed by atoms with E-state index in [9.17, 15) is 9.59 Å². The second kappa shape index (κ2) is 5.49. The van der Waals surface area contributed by atoms with E-state index in [0.29, 0.717) is 25.1 Å². The predicted molar refractivity (Wildman–Crippen MR) is 52.5 cm³/mol. The molecule has 0 aliphatic carbocycles. The van der Waals surface area contributed by atoms with Gasteiger partial charge in [0.05, 0.1) is 11.6 Å². The molecule has 0 fully saturated rings. The molecule has 1 heterocycles. The van der Waals surface area contributed by atoms with Gasteiger partial charge in [-0.15, -0.1) is 11.3 Å². The van der Waals surface area contributed by atoms with Crippen molar-refractivity contribution in [1.82, 2.24) is 4.98 Å². The fourth-order valence-corrected chi connectivity index (χ4v) is 1.69. The van der Waals surface area contributed by atoms with Crippen LogP contribution in [0.2, 0.25) is 0 Å². The van der Waals surface area contributed by atoms with E-state index >= 15 is 0 Å². The first-order valence-electron chi connectivity index (χ1n) is 4.33. The van der Waals surface area contributed by atoms with Crippen molar-refractivity contribution in [2.24, 2.45) is 0 Å². The highest BCUT2D eigenvalue weighted by Crippen LogP contribution is 2.12. The summed E-state index contributed by atoms with van der Waals surface area (Å²) in [5.74, 6) is -0.402. The number of ether oxygens (including phenoxy) is 1. The molecule has 0 N–H and O–H groups in total. The predicted octanol–water partition coefficient (Wildman–Crippen LogP) is 1.45. The number of esters is 1. The summed E-state index contributed by atoms with van der Waals surface area (Å²) in [7, 11) is 0. The monoisotopic (exact) mass is 213 g/mol. The normalized spacial score (nSPS) is 9.79. The van der Waals surface area contributed by atoms with Gasteiger partial charge in [-0.3, -0.25) is 0 Å². The average Bonchev–Trinajstić information content (AvgIpc) is 2.63. The molecule has 0 atom stereocenters. The molecule has 14 heavy (non-hydrogen) atoms. The molecule has 0 radical (unpaired) electrons. The van der Waals surface area contributed by atoms with Crippen LogP contribution in [0.15, 0.2) is 5.38 Å². The molecule has 76 valence electrons. The molecule has 1 rings (SSSR count). The van der Waals surface area contributed by atoms with Gasteiger partial charge in [0.15, 0.2) is 5.69 Å². The quantitative estimate of drug-likeness (QED) is 0.548. The smallest absolute Gasteiger partial charge is 0.357 e. The van der Waals surface area contributed by atoms with Crippen molar-refractivity contribution in [2.45, 2.75) is 19.8 Å². The third kappa shape index (κ3) is 2.92. The zero-order valence-electron chi connectivity index (χ0n) is 7.86. The van der Waals surface area contributed by atoms with Gasteiger partial charge in [0.25, 0.3) is 0 Å². The summed E-state index contributed by atoms with van der Waals surface area (Å²) >= 11 is 1.37. The number of aldehydes is 1. The van der Waals surface area contributed by atoms with Crippen molar-refractivity contribution < 1.29 is 14.3 Å².